The van der Waals surface area contributed by atoms with Crippen LogP contribution in [0.15, 0.2) is 48.5 Å². The molecule has 0 aliphatic rings. The summed E-state index contributed by atoms with van der Waals surface area (Å²) in [6.45, 7) is 14.9. The number of aryl methyl sites for hydroxylation is 1. The lowest BCUT2D eigenvalue weighted by molar-refractivity contribution is -0.162. The van der Waals surface area contributed by atoms with Gasteiger partial charge in [-0.1, -0.05) is 75.8 Å². The highest BCUT2D eigenvalue weighted by molar-refractivity contribution is 6.76. The number of carbonyl (C=O) groups excluding carboxylic acids is 2. The molecule has 0 heterocycles. The predicted octanol–water partition coefficient (Wildman–Crippen LogP) is 8.46. The van der Waals surface area contributed by atoms with Crippen molar-refractivity contribution >= 4 is 20.0 Å². The van der Waals surface area contributed by atoms with Crippen LogP contribution in [-0.2, 0) is 25.5 Å². The minimum absolute atomic E-state index is 0.218. The first kappa shape index (κ1) is 31.7. The van der Waals surface area contributed by atoms with Crippen LogP contribution in [0.5, 0.6) is 0 Å². The Labute approximate surface area is 230 Å². The van der Waals surface area contributed by atoms with Crippen molar-refractivity contribution in [3.8, 4) is 11.1 Å². The van der Waals surface area contributed by atoms with Gasteiger partial charge in [-0.3, -0.25) is 9.59 Å². The zero-order chi connectivity index (χ0) is 28.3. The maximum absolute atomic E-state index is 13.6. The molecule has 4 nitrogen and oxygen atoms in total. The van der Waals surface area contributed by atoms with Crippen molar-refractivity contribution in [3.63, 3.8) is 0 Å². The van der Waals surface area contributed by atoms with Gasteiger partial charge in [0.15, 0.2) is 0 Å². The van der Waals surface area contributed by atoms with E-state index in [1.54, 1.807) is 6.07 Å². The third-order valence-corrected chi connectivity index (χ3v) is 8.24. The van der Waals surface area contributed by atoms with Crippen LogP contribution in [0, 0.1) is 17.7 Å². The van der Waals surface area contributed by atoms with Crippen molar-refractivity contribution in [2.45, 2.75) is 97.5 Å². The Morgan fingerprint density at radius 1 is 0.921 bits per heavy atom. The molecule has 0 radical (unpaired) electrons. The summed E-state index contributed by atoms with van der Waals surface area (Å²) in [7, 11) is -1.34. The van der Waals surface area contributed by atoms with E-state index in [-0.39, 0.29) is 29.6 Å². The summed E-state index contributed by atoms with van der Waals surface area (Å²) < 4.78 is 25.1. The minimum Gasteiger partial charge on any atom is -0.466 e. The maximum Gasteiger partial charge on any atom is 0.309 e. The number of benzene rings is 2. The number of rotatable bonds is 14. The highest BCUT2D eigenvalue weighted by Gasteiger charge is 2.31. The lowest BCUT2D eigenvalue weighted by Gasteiger charge is -2.26. The summed E-state index contributed by atoms with van der Waals surface area (Å²) in [5.74, 6) is -1.42. The molecule has 6 heteroatoms. The lowest BCUT2D eigenvalue weighted by atomic mass is 9.86. The number of hydrogen-bond acceptors (Lipinski definition) is 4. The molecule has 2 aromatic carbocycles. The number of ether oxygens (including phenoxy) is 2. The van der Waals surface area contributed by atoms with E-state index in [1.165, 1.54) is 12.1 Å². The number of unbranched alkanes of at least 4 members (excludes halogenated alkanes) is 1. The van der Waals surface area contributed by atoms with E-state index in [0.717, 1.165) is 35.6 Å². The SMILES string of the molecule is CCCC[C@@H](C[C@@H](CCc1ccc(-c2cccc(F)c2)cc1)C(=O)OCC[Si](C)(C)C)C(=O)OC(C)(C)C. The Balaban J connectivity index is 2.15. The Morgan fingerprint density at radius 2 is 1.58 bits per heavy atom. The summed E-state index contributed by atoms with van der Waals surface area (Å²) in [5, 5.41) is 0. The number of esters is 2. The Kier molecular flexibility index (Phi) is 12.2. The second-order valence-corrected chi connectivity index (χ2v) is 18.2. The normalized spacial score (nSPS) is 13.6. The fraction of sp³-hybridized carbons (Fsp3) is 0.562. The van der Waals surface area contributed by atoms with Crippen LogP contribution in [0.1, 0.15) is 65.4 Å². The van der Waals surface area contributed by atoms with Crippen molar-refractivity contribution in [2.75, 3.05) is 6.61 Å². The van der Waals surface area contributed by atoms with Gasteiger partial charge >= 0.3 is 11.9 Å². The van der Waals surface area contributed by atoms with Crippen LogP contribution in [0.2, 0.25) is 25.7 Å². The van der Waals surface area contributed by atoms with Gasteiger partial charge in [-0.15, -0.1) is 0 Å². The maximum atomic E-state index is 13.6. The second-order valence-electron chi connectivity index (χ2n) is 12.5. The van der Waals surface area contributed by atoms with Gasteiger partial charge in [0.2, 0.25) is 0 Å². The molecule has 0 spiro atoms. The quantitative estimate of drug-likeness (QED) is 0.177. The summed E-state index contributed by atoms with van der Waals surface area (Å²) in [4.78, 5) is 26.3. The van der Waals surface area contributed by atoms with Crippen molar-refractivity contribution in [1.82, 2.24) is 0 Å². The molecule has 0 N–H and O–H groups in total. The molecule has 0 saturated carbocycles. The summed E-state index contributed by atoms with van der Waals surface area (Å²) >= 11 is 0. The topological polar surface area (TPSA) is 52.6 Å². The molecule has 210 valence electrons. The third kappa shape index (κ3) is 11.9. The van der Waals surface area contributed by atoms with Crippen LogP contribution in [0.4, 0.5) is 4.39 Å². The zero-order valence-corrected chi connectivity index (χ0v) is 25.4. The average Bonchev–Trinajstić information content (AvgIpc) is 2.82. The molecule has 0 aliphatic carbocycles. The van der Waals surface area contributed by atoms with Crippen LogP contribution in [-0.4, -0.2) is 32.2 Å². The average molecular weight is 543 g/mol. The highest BCUT2D eigenvalue weighted by atomic mass is 28.3. The first-order chi connectivity index (χ1) is 17.8. The fourth-order valence-corrected chi connectivity index (χ4v) is 5.01. The zero-order valence-electron chi connectivity index (χ0n) is 24.4. The van der Waals surface area contributed by atoms with Gasteiger partial charge < -0.3 is 9.47 Å². The van der Waals surface area contributed by atoms with E-state index in [0.29, 0.717) is 32.3 Å². The van der Waals surface area contributed by atoms with E-state index in [2.05, 4.69) is 26.6 Å². The lowest BCUT2D eigenvalue weighted by Crippen LogP contribution is -2.32. The number of carbonyl (C=O) groups is 2. The summed E-state index contributed by atoms with van der Waals surface area (Å²) in [5.41, 5.74) is 2.29. The number of hydrogen-bond donors (Lipinski definition) is 0. The molecule has 0 aromatic heterocycles. The molecule has 0 fully saturated rings. The van der Waals surface area contributed by atoms with E-state index < -0.39 is 13.7 Å². The second kappa shape index (κ2) is 14.6. The van der Waals surface area contributed by atoms with Gasteiger partial charge in [-0.05, 0) is 81.3 Å². The summed E-state index contributed by atoms with van der Waals surface area (Å²) in [6, 6.07) is 15.5. The molecule has 0 saturated heterocycles. The van der Waals surface area contributed by atoms with Gasteiger partial charge in [-0.25, -0.2) is 4.39 Å². The third-order valence-electron chi connectivity index (χ3n) is 6.54. The Hall–Kier alpha value is -2.47. The van der Waals surface area contributed by atoms with Gasteiger partial charge in [0.1, 0.15) is 11.4 Å². The predicted molar refractivity (Wildman–Crippen MR) is 156 cm³/mol. The Morgan fingerprint density at radius 3 is 2.16 bits per heavy atom. The molecule has 2 rings (SSSR count). The van der Waals surface area contributed by atoms with E-state index >= 15 is 0 Å². The van der Waals surface area contributed by atoms with Crippen LogP contribution >= 0.6 is 0 Å². The molecular formula is C32H47FO4Si. The standard InChI is InChI=1S/C32H47FO4Si/c1-8-9-11-27(31(35)37-32(2,3)4)22-28(30(34)36-20-21-38(5,6)7)19-16-24-14-17-25(18-15-24)26-12-10-13-29(33)23-26/h10,12-15,17-18,23,27-28H,8-9,11,16,19-22H2,1-7H3/t27-,28+/m0/s1. The molecule has 0 amide bonds. The van der Waals surface area contributed by atoms with Crippen molar-refractivity contribution in [1.29, 1.82) is 0 Å². The van der Waals surface area contributed by atoms with Gasteiger partial charge in [0, 0.05) is 8.07 Å². The van der Waals surface area contributed by atoms with Crippen molar-refractivity contribution in [2.24, 2.45) is 11.8 Å². The van der Waals surface area contributed by atoms with Gasteiger partial charge in [0.05, 0.1) is 18.4 Å². The smallest absolute Gasteiger partial charge is 0.309 e. The van der Waals surface area contributed by atoms with Crippen molar-refractivity contribution in [3.05, 3.63) is 59.9 Å². The summed E-state index contributed by atoms with van der Waals surface area (Å²) in [6.07, 6.45) is 4.29. The monoisotopic (exact) mass is 542 g/mol. The van der Waals surface area contributed by atoms with E-state index in [9.17, 15) is 14.0 Å². The molecule has 38 heavy (non-hydrogen) atoms. The van der Waals surface area contributed by atoms with Crippen LogP contribution in [0.25, 0.3) is 11.1 Å². The number of halogens is 1. The molecule has 2 atom stereocenters. The minimum atomic E-state index is -1.34. The molecule has 0 unspecified atom stereocenters. The van der Waals surface area contributed by atoms with Gasteiger partial charge in [-0.2, -0.15) is 0 Å². The molecule has 2 aromatic rings. The van der Waals surface area contributed by atoms with Crippen molar-refractivity contribution < 1.29 is 23.5 Å². The first-order valence-electron chi connectivity index (χ1n) is 14.0. The van der Waals surface area contributed by atoms with E-state index in [1.807, 2.05) is 51.1 Å². The van der Waals surface area contributed by atoms with Gasteiger partial charge in [0.25, 0.3) is 0 Å². The molecule has 0 aliphatic heterocycles. The fourth-order valence-electron chi connectivity index (χ4n) is 4.29. The molecule has 0 bridgehead atoms. The Bertz CT molecular complexity index is 1020. The van der Waals surface area contributed by atoms with Crippen LogP contribution in [0.3, 0.4) is 0 Å². The largest absolute Gasteiger partial charge is 0.466 e. The molecular weight excluding hydrogens is 495 g/mol. The van der Waals surface area contributed by atoms with E-state index in [4.69, 9.17) is 9.47 Å². The highest BCUT2D eigenvalue weighted by Crippen LogP contribution is 2.28. The first-order valence-corrected chi connectivity index (χ1v) is 17.7. The van der Waals surface area contributed by atoms with Crippen LogP contribution < -0.4 is 0 Å².